The summed E-state index contributed by atoms with van der Waals surface area (Å²) in [4.78, 5) is 37.0. The van der Waals surface area contributed by atoms with Gasteiger partial charge in [-0.25, -0.2) is 0 Å². The molecule has 3 aromatic rings. The Kier molecular flexibility index (Phi) is 8.83. The number of hydrogen-bond acceptors (Lipinski definition) is 9. The molecule has 1 aliphatic rings. The second-order valence-corrected chi connectivity index (χ2v) is 12.1. The van der Waals surface area contributed by atoms with Crippen molar-refractivity contribution in [2.45, 2.75) is 18.4 Å². The minimum Gasteiger partial charge on any atom is -0.490 e. The molecule has 1 heterocycles. The molecule has 0 aromatic heterocycles. The molecular formula is C25H18ClIN2O8S2. The SMILES string of the molecule is CCOc1cc(/C=C2\SC(=O)N(Cc3ccc([N+](=O)[O-])cc3)C2=O)cc(I)c1OS(=O)(=O)c1ccc(Cl)cc1. The summed E-state index contributed by atoms with van der Waals surface area (Å²) in [6, 6.07) is 14.2. The predicted molar refractivity (Wildman–Crippen MR) is 154 cm³/mol. The number of nitrogens with zero attached hydrogens (tertiary/aromatic N) is 2. The highest BCUT2D eigenvalue weighted by molar-refractivity contribution is 14.1. The fourth-order valence-corrected chi connectivity index (χ4v) is 6.27. The van der Waals surface area contributed by atoms with Crippen molar-refractivity contribution in [1.82, 2.24) is 4.90 Å². The summed E-state index contributed by atoms with van der Waals surface area (Å²) in [7, 11) is -4.20. The number of thioether (sulfide) groups is 1. The lowest BCUT2D eigenvalue weighted by Crippen LogP contribution is -2.27. The molecule has 0 N–H and O–H groups in total. The molecule has 0 unspecified atom stereocenters. The number of non-ortho nitro benzene ring substituents is 1. The van der Waals surface area contributed by atoms with Gasteiger partial charge < -0.3 is 8.92 Å². The number of imide groups is 1. The maximum absolute atomic E-state index is 13.0. The molecule has 10 nitrogen and oxygen atoms in total. The van der Waals surface area contributed by atoms with Gasteiger partial charge in [-0.15, -0.1) is 0 Å². The van der Waals surface area contributed by atoms with Crippen LogP contribution in [0, 0.1) is 13.7 Å². The minimum atomic E-state index is -4.20. The summed E-state index contributed by atoms with van der Waals surface area (Å²) in [5.41, 5.74) is 0.946. The Morgan fingerprint density at radius 1 is 1.10 bits per heavy atom. The zero-order valence-corrected chi connectivity index (χ0v) is 24.5. The van der Waals surface area contributed by atoms with Crippen LogP contribution in [0.1, 0.15) is 18.1 Å². The van der Waals surface area contributed by atoms with Crippen molar-refractivity contribution in [2.24, 2.45) is 0 Å². The highest BCUT2D eigenvalue weighted by atomic mass is 127. The number of amides is 2. The standard InChI is InChI=1S/C25H18ClIN2O8S2/c1-2-36-21-12-16(11-20(27)23(21)37-39(34,35)19-9-5-17(26)6-10-19)13-22-24(30)28(25(31)38-22)14-15-3-7-18(8-4-15)29(32)33/h3-13H,2,14H2,1H3/b22-13-. The first-order valence-electron chi connectivity index (χ1n) is 11.1. The summed E-state index contributed by atoms with van der Waals surface area (Å²) in [5.74, 6) is -0.406. The van der Waals surface area contributed by atoms with Gasteiger partial charge in [-0.1, -0.05) is 23.7 Å². The number of carbonyl (C=O) groups excluding carboxylic acids is 2. The van der Waals surface area contributed by atoms with Gasteiger partial charge in [0.25, 0.3) is 16.8 Å². The van der Waals surface area contributed by atoms with E-state index in [2.05, 4.69) is 0 Å². The van der Waals surface area contributed by atoms with Crippen LogP contribution in [0.4, 0.5) is 10.5 Å². The second kappa shape index (κ2) is 11.9. The largest absolute Gasteiger partial charge is 0.490 e. The van der Waals surface area contributed by atoms with Crippen molar-refractivity contribution in [1.29, 1.82) is 0 Å². The van der Waals surface area contributed by atoms with Crippen LogP contribution in [0.5, 0.6) is 11.5 Å². The lowest BCUT2D eigenvalue weighted by Gasteiger charge is -2.15. The number of carbonyl (C=O) groups is 2. The van der Waals surface area contributed by atoms with E-state index < -0.39 is 26.2 Å². The number of nitro groups is 1. The van der Waals surface area contributed by atoms with E-state index in [0.29, 0.717) is 19.7 Å². The Balaban J connectivity index is 1.59. The summed E-state index contributed by atoms with van der Waals surface area (Å²) in [5, 5.41) is 10.7. The van der Waals surface area contributed by atoms with E-state index >= 15 is 0 Å². The third-order valence-electron chi connectivity index (χ3n) is 5.29. The van der Waals surface area contributed by atoms with Gasteiger partial charge in [0.2, 0.25) is 0 Å². The molecule has 202 valence electrons. The summed E-state index contributed by atoms with van der Waals surface area (Å²) < 4.78 is 37.1. The molecule has 1 aliphatic heterocycles. The monoisotopic (exact) mass is 700 g/mol. The Labute approximate surface area is 246 Å². The van der Waals surface area contributed by atoms with Gasteiger partial charge in [0.15, 0.2) is 11.5 Å². The Bertz CT molecular complexity index is 1590. The first kappa shape index (κ1) is 28.9. The third kappa shape index (κ3) is 6.72. The maximum Gasteiger partial charge on any atom is 0.339 e. The van der Waals surface area contributed by atoms with Gasteiger partial charge in [-0.3, -0.25) is 24.6 Å². The van der Waals surface area contributed by atoms with Crippen molar-refractivity contribution in [3.8, 4) is 11.5 Å². The van der Waals surface area contributed by atoms with Gasteiger partial charge in [-0.05, 0) is 94.9 Å². The van der Waals surface area contributed by atoms with Crippen LogP contribution in [-0.4, -0.2) is 36.0 Å². The second-order valence-electron chi connectivity index (χ2n) is 7.95. The van der Waals surface area contributed by atoms with Crippen molar-refractivity contribution in [3.05, 3.63) is 95.4 Å². The van der Waals surface area contributed by atoms with Gasteiger partial charge in [0.05, 0.1) is 26.6 Å². The molecule has 2 amide bonds. The summed E-state index contributed by atoms with van der Waals surface area (Å²) >= 11 is 8.50. The van der Waals surface area contributed by atoms with Crippen LogP contribution in [0.15, 0.2) is 70.5 Å². The average molecular weight is 701 g/mol. The van der Waals surface area contributed by atoms with Gasteiger partial charge in [0.1, 0.15) is 4.90 Å². The van der Waals surface area contributed by atoms with E-state index in [1.165, 1.54) is 60.7 Å². The first-order chi connectivity index (χ1) is 18.5. The van der Waals surface area contributed by atoms with Gasteiger partial charge in [-0.2, -0.15) is 8.42 Å². The molecule has 0 bridgehead atoms. The highest BCUT2D eigenvalue weighted by Crippen LogP contribution is 2.39. The molecule has 0 spiro atoms. The van der Waals surface area contributed by atoms with Crippen LogP contribution in [0.3, 0.4) is 0 Å². The van der Waals surface area contributed by atoms with Crippen LogP contribution in [-0.2, 0) is 21.5 Å². The number of benzene rings is 3. The van der Waals surface area contributed by atoms with Crippen LogP contribution in [0.2, 0.25) is 5.02 Å². The highest BCUT2D eigenvalue weighted by Gasteiger charge is 2.35. The topological polar surface area (TPSA) is 133 Å². The van der Waals surface area contributed by atoms with Crippen molar-refractivity contribution >= 4 is 79.0 Å². The van der Waals surface area contributed by atoms with E-state index in [-0.39, 0.29) is 40.1 Å². The number of hydrogen-bond donors (Lipinski definition) is 0. The van der Waals surface area contributed by atoms with E-state index in [0.717, 1.165) is 16.7 Å². The molecular weight excluding hydrogens is 683 g/mol. The smallest absolute Gasteiger partial charge is 0.339 e. The van der Waals surface area contributed by atoms with E-state index in [4.69, 9.17) is 20.5 Å². The van der Waals surface area contributed by atoms with E-state index in [1.807, 2.05) is 22.6 Å². The number of nitro benzene ring substituents is 1. The van der Waals surface area contributed by atoms with Crippen molar-refractivity contribution in [3.63, 3.8) is 0 Å². The molecule has 14 heteroatoms. The molecule has 0 radical (unpaired) electrons. The molecule has 4 rings (SSSR count). The average Bonchev–Trinajstić information content (AvgIpc) is 3.14. The molecule has 0 atom stereocenters. The van der Waals surface area contributed by atoms with Crippen LogP contribution < -0.4 is 8.92 Å². The van der Waals surface area contributed by atoms with Gasteiger partial charge >= 0.3 is 10.1 Å². The molecule has 1 saturated heterocycles. The van der Waals surface area contributed by atoms with Crippen LogP contribution in [0.25, 0.3) is 6.08 Å². The number of halogens is 2. The fourth-order valence-electron chi connectivity index (χ4n) is 3.47. The third-order valence-corrected chi connectivity index (χ3v) is 8.48. The first-order valence-corrected chi connectivity index (χ1v) is 14.8. The lowest BCUT2D eigenvalue weighted by molar-refractivity contribution is -0.384. The zero-order valence-electron chi connectivity index (χ0n) is 20.0. The zero-order chi connectivity index (χ0) is 28.3. The Morgan fingerprint density at radius 2 is 1.77 bits per heavy atom. The number of rotatable bonds is 9. The lowest BCUT2D eigenvalue weighted by atomic mass is 10.1. The Hall–Kier alpha value is -3.14. The quantitative estimate of drug-likeness (QED) is 0.0835. The predicted octanol–water partition coefficient (Wildman–Crippen LogP) is 6.26. The van der Waals surface area contributed by atoms with Crippen molar-refractivity contribution < 1.29 is 31.9 Å². The van der Waals surface area contributed by atoms with Crippen LogP contribution >= 0.6 is 46.0 Å². The summed E-state index contributed by atoms with van der Waals surface area (Å²) in [6.07, 6.45) is 1.50. The molecule has 39 heavy (non-hydrogen) atoms. The maximum atomic E-state index is 13.0. The summed E-state index contributed by atoms with van der Waals surface area (Å²) in [6.45, 7) is 1.89. The van der Waals surface area contributed by atoms with Crippen molar-refractivity contribution in [2.75, 3.05) is 6.61 Å². The molecule has 1 fully saturated rings. The Morgan fingerprint density at radius 3 is 2.38 bits per heavy atom. The number of ether oxygens (including phenoxy) is 1. The van der Waals surface area contributed by atoms with E-state index in [9.17, 15) is 28.1 Å². The molecule has 0 saturated carbocycles. The normalized spacial score (nSPS) is 14.6. The molecule has 3 aromatic carbocycles. The van der Waals surface area contributed by atoms with Gasteiger partial charge in [0, 0.05) is 17.2 Å². The minimum absolute atomic E-state index is 0.0178. The van der Waals surface area contributed by atoms with E-state index in [1.54, 1.807) is 13.0 Å². The fraction of sp³-hybridized carbons (Fsp3) is 0.120. The molecule has 0 aliphatic carbocycles.